The Balaban J connectivity index is 1.67. The van der Waals surface area contributed by atoms with Gasteiger partial charge in [-0.2, -0.15) is 0 Å². The van der Waals surface area contributed by atoms with Crippen LogP contribution in [0.3, 0.4) is 0 Å². The molecule has 1 aliphatic heterocycles. The van der Waals surface area contributed by atoms with Gasteiger partial charge in [0.1, 0.15) is 0 Å². The fourth-order valence-electron chi connectivity index (χ4n) is 3.31. The summed E-state index contributed by atoms with van der Waals surface area (Å²) < 4.78 is 2.38. The predicted molar refractivity (Wildman–Crippen MR) is 93.6 cm³/mol. The third-order valence-corrected chi connectivity index (χ3v) is 4.50. The average Bonchev–Trinajstić information content (AvgIpc) is 3.00. The van der Waals surface area contributed by atoms with E-state index in [0.29, 0.717) is 6.04 Å². The van der Waals surface area contributed by atoms with Crippen molar-refractivity contribution in [3.8, 4) is 0 Å². The number of hydrogen-bond acceptors (Lipinski definition) is 2. The first kappa shape index (κ1) is 14.3. The molecule has 1 aliphatic rings. The number of nitrogens with zero attached hydrogens (tertiary/aromatic N) is 3. The Labute approximate surface area is 136 Å². The number of rotatable bonds is 4. The first-order chi connectivity index (χ1) is 11.4. The zero-order valence-electron chi connectivity index (χ0n) is 13.2. The molecule has 0 spiro atoms. The fraction of sp³-hybridized carbons (Fsp3) is 0.316. The van der Waals surface area contributed by atoms with Crippen molar-refractivity contribution in [2.24, 2.45) is 0 Å². The summed E-state index contributed by atoms with van der Waals surface area (Å²) in [6.45, 7) is 2.70. The molecule has 0 bridgehead atoms. The minimum absolute atomic E-state index is 0.484. The van der Waals surface area contributed by atoms with Gasteiger partial charge in [0.05, 0.1) is 11.0 Å². The van der Waals surface area contributed by atoms with E-state index in [1.807, 2.05) is 6.07 Å². The summed E-state index contributed by atoms with van der Waals surface area (Å²) in [7, 11) is 0. The number of imidazole rings is 1. The van der Waals surface area contributed by atoms with E-state index in [1.54, 1.807) is 0 Å². The van der Waals surface area contributed by atoms with Gasteiger partial charge in [0.25, 0.3) is 0 Å². The second-order valence-electron chi connectivity index (χ2n) is 6.04. The average molecular weight is 305 g/mol. The highest BCUT2D eigenvalue weighted by Crippen LogP contribution is 2.29. The van der Waals surface area contributed by atoms with E-state index >= 15 is 0 Å². The minimum Gasteiger partial charge on any atom is -0.352 e. The summed E-state index contributed by atoms with van der Waals surface area (Å²) in [6.07, 6.45) is 2.20. The van der Waals surface area contributed by atoms with Gasteiger partial charge >= 0.3 is 0 Å². The van der Waals surface area contributed by atoms with Gasteiger partial charge in [-0.15, -0.1) is 0 Å². The lowest BCUT2D eigenvalue weighted by Crippen LogP contribution is -2.25. The van der Waals surface area contributed by atoms with Crippen LogP contribution in [-0.2, 0) is 6.54 Å². The molecule has 0 atom stereocenters. The predicted octanol–water partition coefficient (Wildman–Crippen LogP) is 3.59. The lowest BCUT2D eigenvalue weighted by molar-refractivity contribution is 0.373. The zero-order chi connectivity index (χ0) is 15.5. The number of anilines is 1. The SMILES string of the molecule is c1ccc(CNc2nc3ccccc3n2C2CC[N]CC2)cc1. The molecular weight excluding hydrogens is 284 g/mol. The molecule has 1 saturated heterocycles. The number of aromatic nitrogens is 2. The van der Waals surface area contributed by atoms with Crippen molar-refractivity contribution >= 4 is 17.0 Å². The Morgan fingerprint density at radius 3 is 2.52 bits per heavy atom. The van der Waals surface area contributed by atoms with Gasteiger partial charge in [-0.1, -0.05) is 42.5 Å². The number of para-hydroxylation sites is 2. The van der Waals surface area contributed by atoms with Gasteiger partial charge in [0.15, 0.2) is 0 Å². The number of fused-ring (bicyclic) bond motifs is 1. The lowest BCUT2D eigenvalue weighted by Gasteiger charge is -2.25. The van der Waals surface area contributed by atoms with E-state index in [4.69, 9.17) is 4.98 Å². The Morgan fingerprint density at radius 1 is 0.957 bits per heavy atom. The standard InChI is InChI=1S/C19H21N4/c1-2-6-15(7-3-1)14-21-19-22-17-8-4-5-9-18(17)23(19)16-10-12-20-13-11-16/h1-9,16H,10-14H2,(H,21,22). The molecule has 4 nitrogen and oxygen atoms in total. The molecule has 0 amide bonds. The van der Waals surface area contributed by atoms with Crippen LogP contribution in [0.5, 0.6) is 0 Å². The molecule has 0 unspecified atom stereocenters. The second-order valence-corrected chi connectivity index (χ2v) is 6.04. The highest BCUT2D eigenvalue weighted by atomic mass is 15.2. The van der Waals surface area contributed by atoms with Crippen LogP contribution < -0.4 is 10.6 Å². The van der Waals surface area contributed by atoms with Crippen LogP contribution in [0.15, 0.2) is 54.6 Å². The minimum atomic E-state index is 0.484. The Hall–Kier alpha value is -2.33. The second kappa shape index (κ2) is 6.42. The van der Waals surface area contributed by atoms with Crippen LogP contribution in [-0.4, -0.2) is 22.6 Å². The summed E-state index contributed by atoms with van der Waals surface area (Å²) in [5.74, 6) is 0.974. The molecule has 1 aromatic heterocycles. The summed E-state index contributed by atoms with van der Waals surface area (Å²) >= 11 is 0. The lowest BCUT2D eigenvalue weighted by atomic mass is 10.1. The van der Waals surface area contributed by atoms with E-state index in [-0.39, 0.29) is 0 Å². The normalized spacial score (nSPS) is 15.8. The molecule has 4 heteroatoms. The summed E-state index contributed by atoms with van der Waals surface area (Å²) in [5, 5.41) is 8.02. The monoisotopic (exact) mass is 305 g/mol. The van der Waals surface area contributed by atoms with Gasteiger partial charge in [-0.25, -0.2) is 10.3 Å². The van der Waals surface area contributed by atoms with Crippen molar-refractivity contribution in [3.63, 3.8) is 0 Å². The fourth-order valence-corrected chi connectivity index (χ4v) is 3.31. The molecular formula is C19H21N4. The maximum atomic E-state index is 4.82. The van der Waals surface area contributed by atoms with Gasteiger partial charge in [-0.3, -0.25) is 0 Å². The molecule has 1 radical (unpaired) electrons. The first-order valence-electron chi connectivity index (χ1n) is 8.30. The molecule has 1 N–H and O–H groups in total. The Morgan fingerprint density at radius 2 is 1.70 bits per heavy atom. The topological polar surface area (TPSA) is 44.0 Å². The summed E-state index contributed by atoms with van der Waals surface area (Å²) in [6, 6.07) is 19.4. The number of hydrogen-bond donors (Lipinski definition) is 1. The third kappa shape index (κ3) is 2.94. The highest BCUT2D eigenvalue weighted by Gasteiger charge is 2.21. The molecule has 0 aliphatic carbocycles. The molecule has 2 heterocycles. The van der Waals surface area contributed by atoms with Gasteiger partial charge in [0, 0.05) is 25.7 Å². The van der Waals surface area contributed by atoms with Crippen molar-refractivity contribution in [2.75, 3.05) is 18.4 Å². The van der Waals surface area contributed by atoms with Crippen LogP contribution in [0.1, 0.15) is 24.4 Å². The molecule has 1 fully saturated rings. The maximum Gasteiger partial charge on any atom is 0.204 e. The largest absolute Gasteiger partial charge is 0.352 e. The van der Waals surface area contributed by atoms with E-state index in [1.165, 1.54) is 11.1 Å². The number of benzene rings is 2. The van der Waals surface area contributed by atoms with Crippen molar-refractivity contribution in [1.82, 2.24) is 14.9 Å². The zero-order valence-corrected chi connectivity index (χ0v) is 13.2. The van der Waals surface area contributed by atoms with Gasteiger partial charge in [0.2, 0.25) is 5.95 Å². The Bertz CT molecular complexity index is 772. The van der Waals surface area contributed by atoms with E-state index in [0.717, 1.165) is 43.9 Å². The van der Waals surface area contributed by atoms with Gasteiger partial charge < -0.3 is 9.88 Å². The smallest absolute Gasteiger partial charge is 0.204 e. The molecule has 23 heavy (non-hydrogen) atoms. The molecule has 117 valence electrons. The van der Waals surface area contributed by atoms with Crippen molar-refractivity contribution < 1.29 is 0 Å². The quantitative estimate of drug-likeness (QED) is 0.800. The van der Waals surface area contributed by atoms with Crippen LogP contribution >= 0.6 is 0 Å². The van der Waals surface area contributed by atoms with Crippen molar-refractivity contribution in [2.45, 2.75) is 25.4 Å². The van der Waals surface area contributed by atoms with Crippen LogP contribution in [0.2, 0.25) is 0 Å². The summed E-state index contributed by atoms with van der Waals surface area (Å²) in [4.78, 5) is 4.82. The van der Waals surface area contributed by atoms with Crippen LogP contribution in [0, 0.1) is 0 Å². The van der Waals surface area contributed by atoms with E-state index < -0.39 is 0 Å². The third-order valence-electron chi connectivity index (χ3n) is 4.50. The van der Waals surface area contributed by atoms with Crippen molar-refractivity contribution in [1.29, 1.82) is 0 Å². The van der Waals surface area contributed by atoms with Gasteiger partial charge in [-0.05, 0) is 30.5 Å². The number of piperidine rings is 1. The summed E-state index contributed by atoms with van der Waals surface area (Å²) in [5.41, 5.74) is 3.55. The molecule has 3 aromatic rings. The highest BCUT2D eigenvalue weighted by molar-refractivity contribution is 5.78. The Kier molecular flexibility index (Phi) is 3.99. The van der Waals surface area contributed by atoms with E-state index in [2.05, 4.69) is 63.7 Å². The molecule has 0 saturated carbocycles. The maximum absolute atomic E-state index is 4.82. The van der Waals surface area contributed by atoms with Crippen molar-refractivity contribution in [3.05, 3.63) is 60.2 Å². The van der Waals surface area contributed by atoms with Crippen LogP contribution in [0.25, 0.3) is 11.0 Å². The first-order valence-corrected chi connectivity index (χ1v) is 8.30. The molecule has 2 aromatic carbocycles. The molecule has 4 rings (SSSR count). The van der Waals surface area contributed by atoms with E-state index in [9.17, 15) is 0 Å². The van der Waals surface area contributed by atoms with Crippen LogP contribution in [0.4, 0.5) is 5.95 Å². The number of nitrogens with one attached hydrogen (secondary N) is 1.